The van der Waals surface area contributed by atoms with Gasteiger partial charge >= 0.3 is 0 Å². The van der Waals surface area contributed by atoms with Crippen molar-refractivity contribution in [3.05, 3.63) is 137 Å². The predicted molar refractivity (Wildman–Crippen MR) is 172 cm³/mol. The van der Waals surface area contributed by atoms with Gasteiger partial charge in [0.1, 0.15) is 7.85 Å². The summed E-state index contributed by atoms with van der Waals surface area (Å²) in [4.78, 5) is 0.275. The highest BCUT2D eigenvalue weighted by Gasteiger charge is 2.50. The predicted octanol–water partition coefficient (Wildman–Crippen LogP) is 5.25. The summed E-state index contributed by atoms with van der Waals surface area (Å²) in [6, 6.07) is 27.4. The Labute approximate surface area is 261 Å². The van der Waals surface area contributed by atoms with Gasteiger partial charge in [0.25, 0.3) is 0 Å². The average molecular weight is 625 g/mol. The highest BCUT2D eigenvalue weighted by molar-refractivity contribution is 7.89. The van der Waals surface area contributed by atoms with Crippen LogP contribution in [0, 0.1) is 13.8 Å². The molecular weight excluding hydrogens is 591 g/mol. The Morgan fingerprint density at radius 3 is 1.75 bits per heavy atom. The Morgan fingerprint density at radius 2 is 1.18 bits per heavy atom. The lowest BCUT2D eigenvalue weighted by molar-refractivity contribution is 0.144. The van der Waals surface area contributed by atoms with Crippen molar-refractivity contribution in [1.82, 2.24) is 8.61 Å². The summed E-state index contributed by atoms with van der Waals surface area (Å²) in [6.45, 7) is 3.63. The molecule has 4 aromatic carbocycles. The molecule has 1 fully saturated rings. The lowest BCUT2D eigenvalue weighted by atomic mass is 9.83. The molecule has 2 aliphatic heterocycles. The van der Waals surface area contributed by atoms with Gasteiger partial charge in [-0.3, -0.25) is 0 Å². The number of rotatable bonds is 6. The minimum atomic E-state index is -4.11. The van der Waals surface area contributed by atoms with Crippen molar-refractivity contribution in [2.75, 3.05) is 6.54 Å². The number of piperidine rings is 1. The van der Waals surface area contributed by atoms with Gasteiger partial charge in [-0.15, -0.1) is 0 Å². The second-order valence-electron chi connectivity index (χ2n) is 11.5. The number of hydrogen-bond donors (Lipinski definition) is 1. The standard InChI is InChI=1S/C34H33BN2O5S2/c1-23-8-16-28(17-9-23)43(39,40)36-22-30-33(20-31(36)25-6-4-3-5-7-25)37(44(41,42)29-18-10-24(2)11-19-29)32(21-34(30)38)26-12-14-27(35)15-13-26/h3-19,31-33,38H,20-22H2,1-2H3/t31?,32?,33-/m0/s1. The zero-order valence-electron chi connectivity index (χ0n) is 24.5. The van der Waals surface area contributed by atoms with E-state index in [2.05, 4.69) is 0 Å². The topological polar surface area (TPSA) is 95.0 Å². The summed E-state index contributed by atoms with van der Waals surface area (Å²) in [6.07, 6.45) is 0.111. The van der Waals surface area contributed by atoms with E-state index in [1.54, 1.807) is 72.8 Å². The van der Waals surface area contributed by atoms with Crippen molar-refractivity contribution in [1.29, 1.82) is 0 Å². The Balaban J connectivity index is 1.52. The minimum absolute atomic E-state index is 0.00259. The van der Waals surface area contributed by atoms with Crippen LogP contribution >= 0.6 is 0 Å². The molecule has 2 radical (unpaired) electrons. The molecule has 7 nitrogen and oxygen atoms in total. The number of aryl methyl sites for hydroxylation is 2. The van der Waals surface area contributed by atoms with Gasteiger partial charge in [-0.25, -0.2) is 16.8 Å². The molecule has 2 aliphatic rings. The summed E-state index contributed by atoms with van der Waals surface area (Å²) in [5.41, 5.74) is 4.21. The number of sulfonamides is 2. The number of benzene rings is 4. The molecular formula is C34H33BN2O5S2. The van der Waals surface area contributed by atoms with E-state index >= 15 is 0 Å². The molecule has 1 N–H and O–H groups in total. The monoisotopic (exact) mass is 624 g/mol. The molecule has 224 valence electrons. The maximum absolute atomic E-state index is 14.6. The average Bonchev–Trinajstić information content (AvgIpc) is 3.01. The van der Waals surface area contributed by atoms with Crippen LogP contribution in [0.1, 0.15) is 47.2 Å². The molecule has 0 spiro atoms. The zero-order chi connectivity index (χ0) is 31.2. The molecule has 0 aliphatic carbocycles. The molecule has 10 heteroatoms. The Kier molecular flexibility index (Phi) is 8.04. The van der Waals surface area contributed by atoms with Crippen molar-refractivity contribution in [2.45, 2.75) is 54.6 Å². The van der Waals surface area contributed by atoms with Crippen LogP contribution in [-0.2, 0) is 20.0 Å². The van der Waals surface area contributed by atoms with E-state index in [0.717, 1.165) is 16.7 Å². The van der Waals surface area contributed by atoms with E-state index in [0.29, 0.717) is 16.6 Å². The van der Waals surface area contributed by atoms with Crippen molar-refractivity contribution >= 4 is 33.4 Å². The smallest absolute Gasteiger partial charge is 0.244 e. The second kappa shape index (κ2) is 11.7. The van der Waals surface area contributed by atoms with Crippen LogP contribution in [0.3, 0.4) is 0 Å². The molecule has 44 heavy (non-hydrogen) atoms. The largest absolute Gasteiger partial charge is 0.512 e. The second-order valence-corrected chi connectivity index (χ2v) is 15.3. The molecule has 0 saturated carbocycles. The number of aliphatic hydroxyl groups is 1. The SMILES string of the molecule is [B]c1ccc(C2CC(O)=C3CN(S(=O)(=O)c4ccc(C)cc4)C(c4ccccc4)C[C@@H]3N2S(=O)(=O)c2ccc(C)cc2)cc1. The van der Waals surface area contributed by atoms with Crippen LogP contribution in [-0.4, -0.2) is 51.0 Å². The fourth-order valence-corrected chi connectivity index (χ4v) is 9.65. The zero-order valence-corrected chi connectivity index (χ0v) is 26.2. The van der Waals surface area contributed by atoms with Crippen LogP contribution in [0.25, 0.3) is 0 Å². The van der Waals surface area contributed by atoms with Crippen LogP contribution in [0.5, 0.6) is 0 Å². The lowest BCUT2D eigenvalue weighted by Crippen LogP contribution is -2.54. The van der Waals surface area contributed by atoms with Gasteiger partial charge in [0.2, 0.25) is 20.0 Å². The maximum Gasteiger partial charge on any atom is 0.244 e. The molecule has 4 aromatic rings. The number of hydrogen-bond acceptors (Lipinski definition) is 5. The molecule has 0 aromatic heterocycles. The first-order valence-corrected chi connectivity index (χ1v) is 17.3. The van der Waals surface area contributed by atoms with Gasteiger partial charge in [0, 0.05) is 18.5 Å². The van der Waals surface area contributed by atoms with Gasteiger partial charge in [0.15, 0.2) is 0 Å². The Hall–Kier alpha value is -3.70. The summed E-state index contributed by atoms with van der Waals surface area (Å²) >= 11 is 0. The molecule has 2 unspecified atom stereocenters. The fraction of sp³-hybridized carbons (Fsp3) is 0.235. The highest BCUT2D eigenvalue weighted by atomic mass is 32.2. The van der Waals surface area contributed by atoms with Crippen LogP contribution in [0.15, 0.2) is 124 Å². The maximum atomic E-state index is 14.6. The van der Waals surface area contributed by atoms with E-state index in [1.807, 2.05) is 44.2 Å². The van der Waals surface area contributed by atoms with E-state index < -0.39 is 38.2 Å². The summed E-state index contributed by atoms with van der Waals surface area (Å²) < 4.78 is 60.4. The van der Waals surface area contributed by atoms with E-state index in [1.165, 1.54) is 8.61 Å². The molecule has 0 bridgehead atoms. The lowest BCUT2D eigenvalue weighted by Gasteiger charge is -2.48. The number of nitrogens with zero attached hydrogens (tertiary/aromatic N) is 2. The van der Waals surface area contributed by atoms with Crippen molar-refractivity contribution < 1.29 is 21.9 Å². The third-order valence-corrected chi connectivity index (χ3v) is 12.4. The summed E-state index contributed by atoms with van der Waals surface area (Å²) in [5.74, 6) is 0.00259. The Bertz CT molecular complexity index is 1910. The molecule has 0 amide bonds. The fourth-order valence-electron chi connectivity index (χ4n) is 6.24. The number of fused-ring (bicyclic) bond motifs is 1. The highest BCUT2D eigenvalue weighted by Crippen LogP contribution is 2.48. The van der Waals surface area contributed by atoms with Gasteiger partial charge < -0.3 is 5.11 Å². The molecule has 6 rings (SSSR count). The van der Waals surface area contributed by atoms with Gasteiger partial charge in [-0.1, -0.05) is 95.5 Å². The van der Waals surface area contributed by atoms with E-state index in [-0.39, 0.29) is 34.9 Å². The normalized spacial score (nSPS) is 21.6. The van der Waals surface area contributed by atoms with E-state index in [9.17, 15) is 21.9 Å². The minimum Gasteiger partial charge on any atom is -0.512 e. The number of aliphatic hydroxyl groups excluding tert-OH is 1. The van der Waals surface area contributed by atoms with Crippen LogP contribution in [0.2, 0.25) is 0 Å². The molecule has 3 atom stereocenters. The first-order chi connectivity index (χ1) is 21.0. The molecule has 1 saturated heterocycles. The van der Waals surface area contributed by atoms with Gasteiger partial charge in [-0.2, -0.15) is 8.61 Å². The third kappa shape index (κ3) is 5.52. The Morgan fingerprint density at radius 1 is 0.659 bits per heavy atom. The first-order valence-electron chi connectivity index (χ1n) is 14.5. The van der Waals surface area contributed by atoms with Gasteiger partial charge in [0.05, 0.1) is 33.7 Å². The quantitative estimate of drug-likeness (QED) is 0.296. The first kappa shape index (κ1) is 30.3. The molecule has 2 heterocycles. The summed E-state index contributed by atoms with van der Waals surface area (Å²) in [7, 11) is -2.17. The third-order valence-electron chi connectivity index (χ3n) is 8.62. The van der Waals surface area contributed by atoms with Crippen molar-refractivity contribution in [3.63, 3.8) is 0 Å². The van der Waals surface area contributed by atoms with Crippen molar-refractivity contribution in [2.24, 2.45) is 0 Å². The van der Waals surface area contributed by atoms with Crippen LogP contribution in [0.4, 0.5) is 0 Å². The van der Waals surface area contributed by atoms with Gasteiger partial charge in [-0.05, 0) is 55.7 Å². The summed E-state index contributed by atoms with van der Waals surface area (Å²) in [5, 5.41) is 11.5. The van der Waals surface area contributed by atoms with Crippen molar-refractivity contribution in [3.8, 4) is 0 Å². The van der Waals surface area contributed by atoms with Crippen LogP contribution < -0.4 is 5.46 Å². The van der Waals surface area contributed by atoms with E-state index in [4.69, 9.17) is 7.85 Å².